The van der Waals surface area contributed by atoms with Crippen molar-refractivity contribution in [2.45, 2.75) is 13.2 Å². The maximum Gasteiger partial charge on any atom is 0.391 e. The van der Waals surface area contributed by atoms with Gasteiger partial charge in [0, 0.05) is 6.07 Å². The first-order valence-electron chi connectivity index (χ1n) is 4.26. The Kier molecular flexibility index (Phi) is 2.48. The summed E-state index contributed by atoms with van der Waals surface area (Å²) < 4.78 is 6.50. The number of carbonyl (C=O) groups excluding carboxylic acids is 1. The molecule has 1 aromatic rings. The van der Waals surface area contributed by atoms with Crippen LogP contribution in [0.3, 0.4) is 0 Å². The minimum Gasteiger partial charge on any atom is -0.372 e. The van der Waals surface area contributed by atoms with E-state index in [0.717, 1.165) is 6.07 Å². The summed E-state index contributed by atoms with van der Waals surface area (Å²) >= 11 is 0. The number of hydrogen-bond acceptors (Lipinski definition) is 6. The van der Waals surface area contributed by atoms with Crippen LogP contribution in [0.15, 0.2) is 10.9 Å². The average Bonchev–Trinajstić information content (AvgIpc) is 2.28. The van der Waals surface area contributed by atoms with Crippen LogP contribution in [0.1, 0.15) is 16.3 Å². The molecule has 2 rings (SSSR count). The molecule has 2 heterocycles. The van der Waals surface area contributed by atoms with E-state index in [1.165, 1.54) is 4.57 Å². The normalized spacial score (nSPS) is 14.5. The molecule has 0 saturated carbocycles. The number of carbonyl (C=O) groups is 1. The van der Waals surface area contributed by atoms with E-state index in [4.69, 9.17) is 9.99 Å². The first-order chi connectivity index (χ1) is 7.22. The van der Waals surface area contributed by atoms with Gasteiger partial charge in [0.15, 0.2) is 5.69 Å². The Hall–Kier alpha value is -1.73. The van der Waals surface area contributed by atoms with Gasteiger partial charge in [0.1, 0.15) is 12.4 Å². The summed E-state index contributed by atoms with van der Waals surface area (Å²) in [6, 6.07) is 1.02. The van der Waals surface area contributed by atoms with E-state index in [9.17, 15) is 9.59 Å². The topological polar surface area (TPSA) is 90.7 Å². The second-order valence-electron chi connectivity index (χ2n) is 2.98. The minimum atomic E-state index is -1.05. The quantitative estimate of drug-likeness (QED) is 0.494. The van der Waals surface area contributed by atoms with Gasteiger partial charge in [-0.3, -0.25) is 14.2 Å². The van der Waals surface area contributed by atoms with Gasteiger partial charge in [-0.1, -0.05) is 0 Å². The van der Waals surface area contributed by atoms with E-state index >= 15 is 0 Å². The Balaban J connectivity index is 2.50. The lowest BCUT2D eigenvalue weighted by molar-refractivity contribution is -0.183. The largest absolute Gasteiger partial charge is 0.391 e. The Bertz CT molecular complexity index is 453. The van der Waals surface area contributed by atoms with Crippen LogP contribution in [-0.4, -0.2) is 27.4 Å². The van der Waals surface area contributed by atoms with Crippen LogP contribution in [0, 0.1) is 0 Å². The Morgan fingerprint density at radius 3 is 3.20 bits per heavy atom. The van der Waals surface area contributed by atoms with E-state index in [2.05, 4.69) is 9.87 Å². The van der Waals surface area contributed by atoms with E-state index in [-0.39, 0.29) is 17.9 Å². The lowest BCUT2D eigenvalue weighted by atomic mass is 10.3. The lowest BCUT2D eigenvalue weighted by Crippen LogP contribution is -2.32. The first-order valence-corrected chi connectivity index (χ1v) is 4.26. The molecule has 1 aliphatic rings. The molecule has 1 N–H and O–H groups in total. The zero-order chi connectivity index (χ0) is 10.8. The molecule has 0 saturated heterocycles. The van der Waals surface area contributed by atoms with Gasteiger partial charge >= 0.3 is 5.97 Å². The predicted molar refractivity (Wildman–Crippen MR) is 46.2 cm³/mol. The van der Waals surface area contributed by atoms with Crippen molar-refractivity contribution >= 4 is 5.97 Å². The van der Waals surface area contributed by atoms with Gasteiger partial charge in [-0.2, -0.15) is 5.26 Å². The monoisotopic (exact) mass is 212 g/mol. The minimum absolute atomic E-state index is 0.168. The predicted octanol–water partition coefficient (Wildman–Crippen LogP) is -0.597. The molecule has 15 heavy (non-hydrogen) atoms. The van der Waals surface area contributed by atoms with Crippen LogP contribution in [0.4, 0.5) is 0 Å². The van der Waals surface area contributed by atoms with Gasteiger partial charge in [0.05, 0.1) is 13.2 Å². The van der Waals surface area contributed by atoms with Crippen LogP contribution in [0.25, 0.3) is 0 Å². The van der Waals surface area contributed by atoms with Gasteiger partial charge in [-0.05, 0) is 0 Å². The van der Waals surface area contributed by atoms with Crippen molar-refractivity contribution in [2.24, 2.45) is 0 Å². The Morgan fingerprint density at radius 2 is 2.47 bits per heavy atom. The lowest BCUT2D eigenvalue weighted by Gasteiger charge is -2.17. The van der Waals surface area contributed by atoms with Crippen LogP contribution >= 0.6 is 0 Å². The number of ether oxygens (including phenoxy) is 1. The van der Waals surface area contributed by atoms with Gasteiger partial charge in [-0.15, -0.1) is 0 Å². The van der Waals surface area contributed by atoms with E-state index < -0.39 is 5.97 Å². The van der Waals surface area contributed by atoms with Crippen molar-refractivity contribution in [3.63, 3.8) is 0 Å². The van der Waals surface area contributed by atoms with Crippen molar-refractivity contribution in [1.82, 2.24) is 9.55 Å². The molecule has 0 bridgehead atoms. The summed E-state index contributed by atoms with van der Waals surface area (Å²) in [6.07, 6.45) is 0. The molecule has 0 aliphatic carbocycles. The number of rotatable bonds is 1. The third-order valence-corrected chi connectivity index (χ3v) is 2.07. The molecule has 7 heteroatoms. The fraction of sp³-hybridized carbons (Fsp3) is 0.375. The highest BCUT2D eigenvalue weighted by Gasteiger charge is 2.17. The number of nitrogens with zero attached hydrogens (tertiary/aromatic N) is 2. The highest BCUT2D eigenvalue weighted by Crippen LogP contribution is 2.04. The zero-order valence-electron chi connectivity index (χ0n) is 7.67. The molecule has 1 aliphatic heterocycles. The number of hydrogen-bond donors (Lipinski definition) is 1. The third kappa shape index (κ3) is 1.74. The molecule has 0 fully saturated rings. The molecule has 1 aromatic heterocycles. The molecule has 0 spiro atoms. The van der Waals surface area contributed by atoms with Gasteiger partial charge in [0.25, 0.3) is 5.56 Å². The van der Waals surface area contributed by atoms with Crippen molar-refractivity contribution < 1.29 is 19.7 Å². The molecule has 0 unspecified atom stereocenters. The van der Waals surface area contributed by atoms with E-state index in [0.29, 0.717) is 19.0 Å². The molecule has 0 aromatic carbocycles. The van der Waals surface area contributed by atoms with Crippen LogP contribution in [0.2, 0.25) is 0 Å². The van der Waals surface area contributed by atoms with Gasteiger partial charge < -0.3 is 4.74 Å². The molecule has 80 valence electrons. The first kappa shape index (κ1) is 9.81. The van der Waals surface area contributed by atoms with Crippen LogP contribution in [-0.2, 0) is 22.8 Å². The maximum atomic E-state index is 11.5. The SMILES string of the molecule is O=C(OO)c1cc(=O)n2c(n1)COCC2. The smallest absolute Gasteiger partial charge is 0.372 e. The number of fused-ring (bicyclic) bond motifs is 1. The Labute approximate surface area is 83.8 Å². The van der Waals surface area contributed by atoms with Crippen LogP contribution in [0.5, 0.6) is 0 Å². The fourth-order valence-electron chi connectivity index (χ4n) is 1.37. The van der Waals surface area contributed by atoms with E-state index in [1.807, 2.05) is 0 Å². The van der Waals surface area contributed by atoms with Gasteiger partial charge in [-0.25, -0.2) is 9.78 Å². The molecular formula is C8H8N2O5. The van der Waals surface area contributed by atoms with Crippen molar-refractivity contribution in [3.8, 4) is 0 Å². The summed E-state index contributed by atoms with van der Waals surface area (Å²) in [5.41, 5.74) is -0.581. The maximum absolute atomic E-state index is 11.5. The summed E-state index contributed by atoms with van der Waals surface area (Å²) in [6.45, 7) is 1.02. The number of aromatic nitrogens is 2. The van der Waals surface area contributed by atoms with Crippen molar-refractivity contribution in [3.05, 3.63) is 27.9 Å². The highest BCUT2D eigenvalue weighted by molar-refractivity contribution is 5.86. The van der Waals surface area contributed by atoms with E-state index in [1.54, 1.807) is 0 Å². The summed E-state index contributed by atoms with van der Waals surface area (Å²) in [5.74, 6) is -0.699. The molecule has 0 radical (unpaired) electrons. The van der Waals surface area contributed by atoms with Gasteiger partial charge in [0.2, 0.25) is 0 Å². The third-order valence-electron chi connectivity index (χ3n) is 2.07. The molecule has 0 amide bonds. The molecule has 7 nitrogen and oxygen atoms in total. The second-order valence-corrected chi connectivity index (χ2v) is 2.98. The second kappa shape index (κ2) is 3.79. The zero-order valence-corrected chi connectivity index (χ0v) is 7.67. The average molecular weight is 212 g/mol. The summed E-state index contributed by atoms with van der Waals surface area (Å²) in [4.78, 5) is 29.8. The summed E-state index contributed by atoms with van der Waals surface area (Å²) in [7, 11) is 0. The molecule has 0 atom stereocenters. The fourth-order valence-corrected chi connectivity index (χ4v) is 1.37. The highest BCUT2D eigenvalue weighted by atomic mass is 17.1. The standard InChI is InChI=1S/C8H8N2O5/c11-7-3-5(8(12)15-13)9-6-4-14-2-1-10(6)7/h3,13H,1-2,4H2. The van der Waals surface area contributed by atoms with Crippen molar-refractivity contribution in [2.75, 3.05) is 6.61 Å². The molecular weight excluding hydrogens is 204 g/mol. The van der Waals surface area contributed by atoms with Crippen LogP contribution < -0.4 is 5.56 Å². The van der Waals surface area contributed by atoms with Crippen molar-refractivity contribution in [1.29, 1.82) is 0 Å². The summed E-state index contributed by atoms with van der Waals surface area (Å²) in [5, 5.41) is 8.15. The Morgan fingerprint density at radius 1 is 1.67 bits per heavy atom.